The first-order valence-corrected chi connectivity index (χ1v) is 13.3. The number of carbonyl (C=O) groups is 4. The van der Waals surface area contributed by atoms with Gasteiger partial charge in [0.2, 0.25) is 17.6 Å². The van der Waals surface area contributed by atoms with Crippen LogP contribution in [0, 0.1) is 23.7 Å². The Kier molecular flexibility index (Phi) is 6.33. The lowest BCUT2D eigenvalue weighted by Crippen LogP contribution is -2.33. The molecule has 0 spiro atoms. The van der Waals surface area contributed by atoms with Crippen molar-refractivity contribution in [1.82, 2.24) is 0 Å². The SMILES string of the molecule is O=C(OCC(=O)c1ccc(Cl)cc1Cl)c1cccc(N2C(=O)[C@@H]3[C@@H]4C[C@@H]([C@H]3C2=O)[C@@H](c2ccccc2)C4)c1. The first-order chi connectivity index (χ1) is 18.3. The number of halogens is 2. The number of carbonyl (C=O) groups excluding carboxylic acids is 4. The summed E-state index contributed by atoms with van der Waals surface area (Å²) in [5, 5.41) is 0.555. The molecule has 2 bridgehead atoms. The third-order valence-corrected chi connectivity index (χ3v) is 8.70. The van der Waals surface area contributed by atoms with E-state index < -0.39 is 18.4 Å². The van der Waals surface area contributed by atoms with Crippen molar-refractivity contribution in [3.63, 3.8) is 0 Å². The van der Waals surface area contributed by atoms with Crippen molar-refractivity contribution in [3.8, 4) is 0 Å². The van der Waals surface area contributed by atoms with E-state index in [0.29, 0.717) is 10.7 Å². The standard InChI is InChI=1S/C30H23Cl2NO5/c31-19-9-10-21(24(32)14-19)25(34)15-38-30(37)17-7-4-8-20(11-17)33-28(35)26-18-12-22(16-5-2-1-3-6-16)23(13-18)27(26)29(33)36/h1-11,14,18,22-23,26-27H,12-13,15H2/t18-,22+,23+,26+,27+/m0/s1. The van der Waals surface area contributed by atoms with E-state index >= 15 is 0 Å². The van der Waals surface area contributed by atoms with Crippen molar-refractivity contribution in [1.29, 1.82) is 0 Å². The number of rotatable bonds is 6. The third kappa shape index (κ3) is 4.12. The summed E-state index contributed by atoms with van der Waals surface area (Å²) in [5.74, 6) is -1.70. The number of nitrogens with zero attached hydrogens (tertiary/aromatic N) is 1. The highest BCUT2D eigenvalue weighted by Crippen LogP contribution is 2.61. The number of amides is 2. The fraction of sp³-hybridized carbons (Fsp3) is 0.267. The molecule has 0 N–H and O–H groups in total. The van der Waals surface area contributed by atoms with Gasteiger partial charge in [0.05, 0.1) is 28.1 Å². The van der Waals surface area contributed by atoms with Crippen LogP contribution in [0.5, 0.6) is 0 Å². The van der Waals surface area contributed by atoms with Gasteiger partial charge in [0.15, 0.2) is 6.61 Å². The second-order valence-electron chi connectivity index (χ2n) is 10.1. The van der Waals surface area contributed by atoms with E-state index in [4.69, 9.17) is 27.9 Å². The molecule has 0 aromatic heterocycles. The van der Waals surface area contributed by atoms with Crippen LogP contribution >= 0.6 is 23.2 Å². The van der Waals surface area contributed by atoms with Crippen molar-refractivity contribution in [3.05, 3.63) is 99.5 Å². The van der Waals surface area contributed by atoms with Crippen molar-refractivity contribution >= 4 is 52.5 Å². The minimum absolute atomic E-state index is 0.132. The van der Waals surface area contributed by atoms with Crippen LogP contribution in [0.3, 0.4) is 0 Å². The van der Waals surface area contributed by atoms with E-state index in [1.165, 1.54) is 40.8 Å². The van der Waals surface area contributed by atoms with Gasteiger partial charge >= 0.3 is 5.97 Å². The summed E-state index contributed by atoms with van der Waals surface area (Å²) in [6, 6.07) is 20.9. The summed E-state index contributed by atoms with van der Waals surface area (Å²) in [4.78, 5) is 53.5. The topological polar surface area (TPSA) is 80.8 Å². The lowest BCUT2D eigenvalue weighted by Gasteiger charge is -2.28. The molecular formula is C30H23Cl2NO5. The summed E-state index contributed by atoms with van der Waals surface area (Å²) in [6.07, 6.45) is 1.79. The zero-order chi connectivity index (χ0) is 26.6. The summed E-state index contributed by atoms with van der Waals surface area (Å²) < 4.78 is 5.21. The second kappa shape index (κ2) is 9.68. The monoisotopic (exact) mass is 547 g/mol. The van der Waals surface area contributed by atoms with Gasteiger partial charge in [0.1, 0.15) is 0 Å². The first kappa shape index (κ1) is 24.8. The molecule has 0 radical (unpaired) electrons. The van der Waals surface area contributed by atoms with Gasteiger partial charge in [-0.2, -0.15) is 0 Å². The molecule has 192 valence electrons. The maximum atomic E-state index is 13.6. The van der Waals surface area contributed by atoms with Gasteiger partial charge in [-0.3, -0.25) is 19.3 Å². The number of benzene rings is 3. The molecule has 1 aliphatic heterocycles. The smallest absolute Gasteiger partial charge is 0.338 e. The van der Waals surface area contributed by atoms with Crippen molar-refractivity contribution in [2.45, 2.75) is 18.8 Å². The highest BCUT2D eigenvalue weighted by molar-refractivity contribution is 6.36. The van der Waals surface area contributed by atoms with E-state index in [0.717, 1.165) is 12.8 Å². The number of esters is 1. The van der Waals surface area contributed by atoms with Crippen LogP contribution in [0.2, 0.25) is 10.0 Å². The Morgan fingerprint density at radius 2 is 1.63 bits per heavy atom. The Bertz CT molecular complexity index is 1470. The maximum absolute atomic E-state index is 13.6. The molecule has 0 unspecified atom stereocenters. The van der Waals surface area contributed by atoms with Crippen LogP contribution in [0.15, 0.2) is 72.8 Å². The number of fused-ring (bicyclic) bond motifs is 5. The molecule has 2 saturated carbocycles. The number of hydrogen-bond acceptors (Lipinski definition) is 5. The van der Waals surface area contributed by atoms with Crippen molar-refractivity contribution in [2.24, 2.45) is 23.7 Å². The Hall–Kier alpha value is -3.48. The van der Waals surface area contributed by atoms with E-state index in [1.54, 1.807) is 12.1 Å². The van der Waals surface area contributed by atoms with Gasteiger partial charge in [-0.15, -0.1) is 0 Å². The van der Waals surface area contributed by atoms with Gasteiger partial charge in [0, 0.05) is 10.6 Å². The molecule has 6 rings (SSSR count). The highest BCUT2D eigenvalue weighted by Gasteiger charge is 2.64. The quantitative estimate of drug-likeness (QED) is 0.216. The number of ether oxygens (including phenoxy) is 1. The fourth-order valence-corrected chi connectivity index (χ4v) is 7.09. The first-order valence-electron chi connectivity index (χ1n) is 12.5. The normalized spacial score (nSPS) is 25.5. The van der Waals surface area contributed by atoms with Crippen LogP contribution in [0.25, 0.3) is 0 Å². The Balaban J connectivity index is 1.18. The minimum atomic E-state index is -0.742. The molecule has 6 nitrogen and oxygen atoms in total. The summed E-state index contributed by atoms with van der Waals surface area (Å²) in [7, 11) is 0. The predicted octanol–water partition coefficient (Wildman–Crippen LogP) is 5.96. The largest absolute Gasteiger partial charge is 0.454 e. The molecule has 3 aliphatic rings. The number of imide groups is 1. The predicted molar refractivity (Wildman–Crippen MR) is 142 cm³/mol. The van der Waals surface area contributed by atoms with Crippen molar-refractivity contribution < 1.29 is 23.9 Å². The molecule has 1 saturated heterocycles. The van der Waals surface area contributed by atoms with E-state index in [1.807, 2.05) is 18.2 Å². The van der Waals surface area contributed by atoms with Crippen LogP contribution in [-0.2, 0) is 14.3 Å². The number of Topliss-reactive ketones (excluding diaryl/α,β-unsaturated/α-hetero) is 1. The van der Waals surface area contributed by atoms with Gasteiger partial charge in [-0.1, -0.05) is 59.6 Å². The summed E-state index contributed by atoms with van der Waals surface area (Å²) in [5.41, 5.74) is 1.89. The third-order valence-electron chi connectivity index (χ3n) is 8.15. The van der Waals surface area contributed by atoms with Gasteiger partial charge in [0.25, 0.3) is 0 Å². The Morgan fingerprint density at radius 3 is 2.39 bits per heavy atom. The summed E-state index contributed by atoms with van der Waals surface area (Å²) >= 11 is 11.9. The van der Waals surface area contributed by atoms with Crippen LogP contribution in [0.4, 0.5) is 5.69 Å². The second-order valence-corrected chi connectivity index (χ2v) is 11.0. The molecule has 1 heterocycles. The molecular weight excluding hydrogens is 525 g/mol. The Morgan fingerprint density at radius 1 is 0.868 bits per heavy atom. The molecule has 2 aliphatic carbocycles. The van der Waals surface area contributed by atoms with Crippen LogP contribution < -0.4 is 4.90 Å². The summed E-state index contributed by atoms with van der Waals surface area (Å²) in [6.45, 7) is -0.514. The van der Waals surface area contributed by atoms with Crippen molar-refractivity contribution in [2.75, 3.05) is 11.5 Å². The molecule has 3 aromatic carbocycles. The molecule has 8 heteroatoms. The van der Waals surface area contributed by atoms with Gasteiger partial charge in [-0.05, 0) is 72.6 Å². The molecule has 3 fully saturated rings. The zero-order valence-electron chi connectivity index (χ0n) is 20.2. The fourth-order valence-electron chi connectivity index (χ4n) is 6.58. The highest BCUT2D eigenvalue weighted by atomic mass is 35.5. The van der Waals surface area contributed by atoms with Gasteiger partial charge in [-0.25, -0.2) is 4.79 Å². The lowest BCUT2D eigenvalue weighted by molar-refractivity contribution is -0.123. The molecule has 2 amide bonds. The van der Waals surface area contributed by atoms with Gasteiger partial charge < -0.3 is 4.74 Å². The minimum Gasteiger partial charge on any atom is -0.454 e. The average molecular weight is 548 g/mol. The molecule has 5 atom stereocenters. The number of anilines is 1. The van der Waals surface area contributed by atoms with E-state index in [9.17, 15) is 19.2 Å². The van der Waals surface area contributed by atoms with E-state index in [-0.39, 0.29) is 57.6 Å². The number of ketones is 1. The van der Waals surface area contributed by atoms with E-state index in [2.05, 4.69) is 12.1 Å². The number of hydrogen-bond donors (Lipinski definition) is 0. The Labute approximate surface area is 229 Å². The lowest BCUT2D eigenvalue weighted by atomic mass is 9.73. The van der Waals surface area contributed by atoms with Crippen LogP contribution in [-0.4, -0.2) is 30.2 Å². The molecule has 38 heavy (non-hydrogen) atoms. The average Bonchev–Trinajstić information content (AvgIpc) is 3.59. The van der Waals surface area contributed by atoms with Crippen LogP contribution in [0.1, 0.15) is 45.0 Å². The maximum Gasteiger partial charge on any atom is 0.338 e. The molecule has 3 aromatic rings. The zero-order valence-corrected chi connectivity index (χ0v) is 21.7.